The molecule has 0 radical (unpaired) electrons. The first-order valence-corrected chi connectivity index (χ1v) is 16.0. The second-order valence-corrected chi connectivity index (χ2v) is 11.9. The minimum absolute atomic E-state index is 0.0208. The molecule has 5 aromatic rings. The Labute approximate surface area is 271 Å². The number of imidazole rings is 1. The Morgan fingerprint density at radius 1 is 1.04 bits per heavy atom. The maximum Gasteiger partial charge on any atom is 0.255 e. The lowest BCUT2D eigenvalue weighted by Crippen LogP contribution is -2.47. The second kappa shape index (κ2) is 14.4. The number of amides is 2. The number of carbonyl (C=O) groups is 2. The number of para-hydroxylation sites is 1. The van der Waals surface area contributed by atoms with Crippen molar-refractivity contribution in [2.24, 2.45) is 0 Å². The average Bonchev–Trinajstić information content (AvgIpc) is 3.80. The third-order valence-electron chi connectivity index (χ3n) is 8.14. The molecule has 3 aromatic carbocycles. The molecule has 3 heterocycles. The van der Waals surface area contributed by atoms with Gasteiger partial charge in [-0.25, -0.2) is 4.98 Å². The van der Waals surface area contributed by atoms with E-state index in [0.717, 1.165) is 39.4 Å². The lowest BCUT2D eigenvalue weighted by Gasteiger charge is -2.28. The number of benzene rings is 3. The van der Waals surface area contributed by atoms with Gasteiger partial charge in [0.15, 0.2) is 0 Å². The number of rotatable bonds is 12. The number of ether oxygens (including phenoxy) is 2. The molecule has 10 nitrogen and oxygen atoms in total. The van der Waals surface area contributed by atoms with Crippen LogP contribution < -0.4 is 25.4 Å². The van der Waals surface area contributed by atoms with Gasteiger partial charge in [0.05, 0.1) is 41.7 Å². The van der Waals surface area contributed by atoms with E-state index in [2.05, 4.69) is 54.8 Å². The molecule has 0 spiro atoms. The molecule has 2 atom stereocenters. The summed E-state index contributed by atoms with van der Waals surface area (Å²) < 4.78 is 13.4. The van der Waals surface area contributed by atoms with Crippen LogP contribution in [0, 0.1) is 0 Å². The van der Waals surface area contributed by atoms with Gasteiger partial charge >= 0.3 is 0 Å². The molecule has 1 unspecified atom stereocenters. The third kappa shape index (κ3) is 7.11. The fraction of sp³-hybridized carbons (Fsp3) is 0.257. The van der Waals surface area contributed by atoms with Gasteiger partial charge in [-0.3, -0.25) is 14.6 Å². The lowest BCUT2D eigenvalue weighted by atomic mass is 9.96. The Balaban J connectivity index is 1.12. The average molecular weight is 637 g/mol. The molecule has 6 rings (SSSR count). The highest BCUT2D eigenvalue weighted by molar-refractivity contribution is 7.13. The Hall–Kier alpha value is -5.00. The van der Waals surface area contributed by atoms with Crippen LogP contribution in [0.3, 0.4) is 0 Å². The van der Waals surface area contributed by atoms with Crippen molar-refractivity contribution < 1.29 is 19.1 Å². The fourth-order valence-electron chi connectivity index (χ4n) is 5.63. The summed E-state index contributed by atoms with van der Waals surface area (Å²) in [5, 5.41) is 9.25. The van der Waals surface area contributed by atoms with Gasteiger partial charge in [-0.1, -0.05) is 48.5 Å². The maximum absolute atomic E-state index is 13.6. The van der Waals surface area contributed by atoms with Crippen LogP contribution in [0.25, 0.3) is 10.4 Å². The highest BCUT2D eigenvalue weighted by Gasteiger charge is 2.28. The number of methoxy groups -OCH3 is 1. The predicted molar refractivity (Wildman–Crippen MR) is 177 cm³/mol. The summed E-state index contributed by atoms with van der Waals surface area (Å²) >= 11 is 1.63. The fourth-order valence-corrected chi connectivity index (χ4v) is 6.26. The van der Waals surface area contributed by atoms with Crippen LogP contribution in [0.5, 0.6) is 11.5 Å². The standard InChI is InChI=1S/C35H36N6O4S/c1-36-35(43)31(16-23-8-12-27(44-2)13-9-23)40-34(42)29-5-3-4-28-30(14-15-45-33(28)29)39-18-26-17-37-21-41(26)20-24-6-10-25(11-7-24)32-19-38-22-46-32/h3-13,17,19,21-22,30-31,39H,14-16,18,20H2,1-2H3,(H,36,43)(H,40,42)/t30?,31-/m1/s1. The number of hydrogen-bond acceptors (Lipinski definition) is 8. The first-order chi connectivity index (χ1) is 22.5. The van der Waals surface area contributed by atoms with E-state index in [0.29, 0.717) is 37.4 Å². The van der Waals surface area contributed by atoms with Crippen molar-refractivity contribution >= 4 is 23.2 Å². The number of carbonyl (C=O) groups excluding carboxylic acids is 2. The van der Waals surface area contributed by atoms with Crippen LogP contribution in [0.2, 0.25) is 0 Å². The highest BCUT2D eigenvalue weighted by Crippen LogP contribution is 2.35. The van der Waals surface area contributed by atoms with Crippen LogP contribution in [-0.2, 0) is 24.3 Å². The minimum Gasteiger partial charge on any atom is -0.497 e. The summed E-state index contributed by atoms with van der Waals surface area (Å²) in [4.78, 5) is 36.1. The van der Waals surface area contributed by atoms with Gasteiger partial charge in [0.25, 0.3) is 5.91 Å². The summed E-state index contributed by atoms with van der Waals surface area (Å²) in [5.41, 5.74) is 7.45. The zero-order chi connectivity index (χ0) is 31.9. The van der Waals surface area contributed by atoms with Gasteiger partial charge in [0.1, 0.15) is 17.5 Å². The van der Waals surface area contributed by atoms with Gasteiger partial charge in [-0.15, -0.1) is 11.3 Å². The number of fused-ring (bicyclic) bond motifs is 1. The molecular formula is C35H36N6O4S. The quantitative estimate of drug-likeness (QED) is 0.181. The SMILES string of the molecule is CNC(=O)[C@@H](Cc1ccc(OC)cc1)NC(=O)c1cccc2c1OCCC2NCc1cncn1Cc1ccc(-c2cncs2)cc1. The van der Waals surface area contributed by atoms with E-state index in [1.807, 2.05) is 60.6 Å². The number of nitrogens with zero attached hydrogens (tertiary/aromatic N) is 3. The number of likely N-dealkylation sites (N-methyl/N-ethyl adjacent to an activating group) is 1. The third-order valence-corrected chi connectivity index (χ3v) is 8.96. The topological polar surface area (TPSA) is 119 Å². The zero-order valence-electron chi connectivity index (χ0n) is 25.7. The lowest BCUT2D eigenvalue weighted by molar-refractivity contribution is -0.122. The number of aromatic nitrogens is 3. The first-order valence-electron chi connectivity index (χ1n) is 15.1. The van der Waals surface area contributed by atoms with Gasteiger partial charge in [-0.2, -0.15) is 0 Å². The minimum atomic E-state index is -0.761. The molecule has 0 bridgehead atoms. The summed E-state index contributed by atoms with van der Waals surface area (Å²) in [6, 6.07) is 20.8. The molecule has 0 saturated carbocycles. The Bertz CT molecular complexity index is 1770. The molecule has 2 amide bonds. The van der Waals surface area contributed by atoms with E-state index in [1.165, 1.54) is 5.56 Å². The van der Waals surface area contributed by atoms with E-state index >= 15 is 0 Å². The first kappa shape index (κ1) is 31.0. The van der Waals surface area contributed by atoms with E-state index < -0.39 is 6.04 Å². The molecule has 46 heavy (non-hydrogen) atoms. The Kier molecular flexibility index (Phi) is 9.70. The van der Waals surface area contributed by atoms with E-state index in [4.69, 9.17) is 9.47 Å². The molecule has 0 aliphatic carbocycles. The van der Waals surface area contributed by atoms with Crippen molar-refractivity contribution in [3.8, 4) is 21.9 Å². The number of hydrogen-bond donors (Lipinski definition) is 3. The molecule has 0 fully saturated rings. The number of thiazole rings is 1. The van der Waals surface area contributed by atoms with Gasteiger partial charge in [-0.05, 0) is 34.9 Å². The van der Waals surface area contributed by atoms with Crippen molar-refractivity contribution in [2.45, 2.75) is 38.0 Å². The smallest absolute Gasteiger partial charge is 0.255 e. The van der Waals surface area contributed by atoms with Crippen LogP contribution in [0.15, 0.2) is 91.0 Å². The molecule has 1 aliphatic heterocycles. The van der Waals surface area contributed by atoms with E-state index in [-0.39, 0.29) is 17.9 Å². The Morgan fingerprint density at radius 2 is 1.85 bits per heavy atom. The van der Waals surface area contributed by atoms with Gasteiger partial charge in [0.2, 0.25) is 5.91 Å². The summed E-state index contributed by atoms with van der Waals surface area (Å²) in [5.74, 6) is 0.627. The van der Waals surface area contributed by atoms with Crippen molar-refractivity contribution in [3.63, 3.8) is 0 Å². The summed E-state index contributed by atoms with van der Waals surface area (Å²) in [7, 11) is 3.16. The predicted octanol–water partition coefficient (Wildman–Crippen LogP) is 4.76. The number of nitrogens with one attached hydrogen (secondary N) is 3. The van der Waals surface area contributed by atoms with Crippen LogP contribution in [0.1, 0.15) is 45.2 Å². The Morgan fingerprint density at radius 3 is 2.59 bits per heavy atom. The van der Waals surface area contributed by atoms with E-state index in [9.17, 15) is 9.59 Å². The van der Waals surface area contributed by atoms with E-state index in [1.54, 1.807) is 31.6 Å². The molecule has 11 heteroatoms. The van der Waals surface area contributed by atoms with Crippen LogP contribution in [0.4, 0.5) is 0 Å². The molecule has 2 aromatic heterocycles. The molecule has 0 saturated heterocycles. The van der Waals surface area contributed by atoms with Crippen LogP contribution >= 0.6 is 11.3 Å². The monoisotopic (exact) mass is 636 g/mol. The molecule has 1 aliphatic rings. The second-order valence-electron chi connectivity index (χ2n) is 11.1. The van der Waals surface area contributed by atoms with Gasteiger partial charge < -0.3 is 30.0 Å². The van der Waals surface area contributed by atoms with Crippen molar-refractivity contribution in [1.29, 1.82) is 0 Å². The normalized spacial score (nSPS) is 14.5. The zero-order valence-corrected chi connectivity index (χ0v) is 26.5. The molecule has 236 valence electrons. The largest absolute Gasteiger partial charge is 0.497 e. The van der Waals surface area contributed by atoms with Crippen molar-refractivity contribution in [3.05, 3.63) is 119 Å². The molecular weight excluding hydrogens is 600 g/mol. The van der Waals surface area contributed by atoms with Crippen LogP contribution in [-0.4, -0.2) is 53.2 Å². The van der Waals surface area contributed by atoms with Crippen molar-refractivity contribution in [1.82, 2.24) is 30.5 Å². The summed E-state index contributed by atoms with van der Waals surface area (Å²) in [6.45, 7) is 1.77. The van der Waals surface area contributed by atoms with Crippen molar-refractivity contribution in [2.75, 3.05) is 20.8 Å². The summed E-state index contributed by atoms with van der Waals surface area (Å²) in [6.07, 6.45) is 6.70. The highest BCUT2D eigenvalue weighted by atomic mass is 32.1. The maximum atomic E-state index is 13.6. The molecule has 3 N–H and O–H groups in total. The van der Waals surface area contributed by atoms with Gasteiger partial charge in [0, 0.05) is 57.0 Å².